The van der Waals surface area contributed by atoms with Gasteiger partial charge in [-0.2, -0.15) is 4.39 Å². The van der Waals surface area contributed by atoms with E-state index in [1.165, 1.54) is 18.3 Å². The first-order valence-corrected chi connectivity index (χ1v) is 6.20. The summed E-state index contributed by atoms with van der Waals surface area (Å²) in [5.74, 6) is -1.60. The van der Waals surface area contributed by atoms with E-state index >= 15 is 0 Å². The second kappa shape index (κ2) is 6.02. The number of rotatable bonds is 3. The number of aromatic nitrogens is 1. The van der Waals surface area contributed by atoms with Gasteiger partial charge in [0.15, 0.2) is 0 Å². The fraction of sp³-hybridized carbons (Fsp3) is 0. The van der Waals surface area contributed by atoms with Gasteiger partial charge < -0.3 is 5.32 Å². The molecule has 21 heavy (non-hydrogen) atoms. The lowest BCUT2D eigenvalue weighted by Crippen LogP contribution is -2.12. The molecule has 0 saturated carbocycles. The smallest absolute Gasteiger partial charge is 0.306 e. The minimum absolute atomic E-state index is 0.0469. The minimum atomic E-state index is -0.991. The first-order chi connectivity index (χ1) is 9.88. The predicted molar refractivity (Wildman–Crippen MR) is 75.3 cm³/mol. The van der Waals surface area contributed by atoms with E-state index < -0.39 is 22.3 Å². The molecule has 0 aliphatic rings. The molecule has 0 aliphatic heterocycles. The van der Waals surface area contributed by atoms with E-state index in [0.29, 0.717) is 0 Å². The zero-order valence-corrected chi connectivity index (χ0v) is 11.7. The van der Waals surface area contributed by atoms with Crippen molar-refractivity contribution >= 4 is 40.5 Å². The Morgan fingerprint density at radius 2 is 2.05 bits per heavy atom. The molecular weight excluding hydrogens is 324 g/mol. The highest BCUT2D eigenvalue weighted by Crippen LogP contribution is 2.23. The molecule has 0 atom stereocenters. The van der Waals surface area contributed by atoms with Gasteiger partial charge in [0.25, 0.3) is 5.91 Å². The van der Waals surface area contributed by atoms with E-state index in [2.05, 4.69) is 10.3 Å². The molecule has 0 spiro atoms. The number of halogens is 3. The monoisotopic (exact) mass is 329 g/mol. The van der Waals surface area contributed by atoms with Crippen molar-refractivity contribution in [2.75, 3.05) is 5.32 Å². The average Bonchev–Trinajstić information content (AvgIpc) is 2.43. The topological polar surface area (TPSA) is 85.1 Å². The highest BCUT2D eigenvalue weighted by molar-refractivity contribution is 6.41. The first-order valence-electron chi connectivity index (χ1n) is 5.45. The van der Waals surface area contributed by atoms with Crippen LogP contribution in [-0.4, -0.2) is 15.8 Å². The highest BCUT2D eigenvalue weighted by Gasteiger charge is 2.16. The van der Waals surface area contributed by atoms with Crippen LogP contribution in [0.4, 0.5) is 15.8 Å². The van der Waals surface area contributed by atoms with Gasteiger partial charge in [-0.15, -0.1) is 0 Å². The Hall–Kier alpha value is -2.25. The lowest BCUT2D eigenvalue weighted by molar-refractivity contribution is -0.387. The van der Waals surface area contributed by atoms with Crippen LogP contribution in [0.2, 0.25) is 10.2 Å². The van der Waals surface area contributed by atoms with Crippen LogP contribution in [0.3, 0.4) is 0 Å². The van der Waals surface area contributed by atoms with Crippen molar-refractivity contribution in [3.8, 4) is 0 Å². The van der Waals surface area contributed by atoms with Crippen molar-refractivity contribution in [2.24, 2.45) is 0 Å². The summed E-state index contributed by atoms with van der Waals surface area (Å²) in [4.78, 5) is 25.4. The van der Waals surface area contributed by atoms with Gasteiger partial charge in [-0.05, 0) is 18.2 Å². The van der Waals surface area contributed by atoms with Gasteiger partial charge in [0.05, 0.1) is 15.5 Å². The Balaban J connectivity index is 2.25. The SMILES string of the molecule is O=C(Nc1ccc(F)c([N+](=O)[O-])c1)c1cnc(Cl)c(Cl)c1. The molecule has 1 N–H and O–H groups in total. The van der Waals surface area contributed by atoms with Crippen LogP contribution < -0.4 is 5.32 Å². The van der Waals surface area contributed by atoms with E-state index in [0.717, 1.165) is 12.1 Å². The first kappa shape index (κ1) is 15.1. The maximum Gasteiger partial charge on any atom is 0.306 e. The molecule has 0 unspecified atom stereocenters. The maximum atomic E-state index is 13.2. The molecule has 1 aromatic carbocycles. The summed E-state index contributed by atoms with van der Waals surface area (Å²) in [7, 11) is 0. The van der Waals surface area contributed by atoms with Crippen LogP contribution in [-0.2, 0) is 0 Å². The van der Waals surface area contributed by atoms with Gasteiger partial charge in [-0.3, -0.25) is 14.9 Å². The lowest BCUT2D eigenvalue weighted by Gasteiger charge is -2.06. The Bertz CT molecular complexity index is 740. The summed E-state index contributed by atoms with van der Waals surface area (Å²) in [5.41, 5.74) is -0.560. The van der Waals surface area contributed by atoms with E-state index in [1.54, 1.807) is 0 Å². The summed E-state index contributed by atoms with van der Waals surface area (Å²) in [5, 5.41) is 13.1. The number of nitro groups is 1. The number of carbonyl (C=O) groups is 1. The molecule has 9 heteroatoms. The number of amides is 1. The van der Waals surface area contributed by atoms with E-state index in [1.807, 2.05) is 0 Å². The zero-order chi connectivity index (χ0) is 15.6. The van der Waals surface area contributed by atoms with E-state index in [-0.39, 0.29) is 21.4 Å². The maximum absolute atomic E-state index is 13.2. The van der Waals surface area contributed by atoms with Gasteiger partial charge in [0.2, 0.25) is 5.82 Å². The van der Waals surface area contributed by atoms with Crippen molar-refractivity contribution in [3.05, 3.63) is 62.1 Å². The molecule has 2 rings (SSSR count). The van der Waals surface area contributed by atoms with E-state index in [4.69, 9.17) is 23.2 Å². The Morgan fingerprint density at radius 1 is 1.33 bits per heavy atom. The minimum Gasteiger partial charge on any atom is -0.322 e. The van der Waals surface area contributed by atoms with Crippen molar-refractivity contribution in [1.29, 1.82) is 0 Å². The van der Waals surface area contributed by atoms with Crippen LogP contribution in [0.5, 0.6) is 0 Å². The Kier molecular flexibility index (Phi) is 4.35. The normalized spacial score (nSPS) is 10.2. The third kappa shape index (κ3) is 3.45. The van der Waals surface area contributed by atoms with Crippen LogP contribution >= 0.6 is 23.2 Å². The average molecular weight is 330 g/mol. The van der Waals surface area contributed by atoms with Gasteiger partial charge >= 0.3 is 5.69 Å². The quantitative estimate of drug-likeness (QED) is 0.528. The number of pyridine rings is 1. The molecule has 1 aromatic heterocycles. The van der Waals surface area contributed by atoms with E-state index in [9.17, 15) is 19.3 Å². The highest BCUT2D eigenvalue weighted by atomic mass is 35.5. The molecular formula is C12H6Cl2FN3O3. The van der Waals surface area contributed by atoms with Gasteiger partial charge in [-0.1, -0.05) is 23.2 Å². The third-order valence-electron chi connectivity index (χ3n) is 2.46. The fourth-order valence-electron chi connectivity index (χ4n) is 1.48. The van der Waals surface area contributed by atoms with Crippen LogP contribution in [0, 0.1) is 15.9 Å². The van der Waals surface area contributed by atoms with Crippen LogP contribution in [0.1, 0.15) is 10.4 Å². The standard InChI is InChI=1S/C12H6Cl2FN3O3/c13-8-3-6(5-16-11(8)14)12(19)17-7-1-2-9(15)10(4-7)18(20)21/h1-5H,(H,17,19). The number of carbonyl (C=O) groups excluding carboxylic acids is 1. The molecule has 0 fully saturated rings. The summed E-state index contributed by atoms with van der Waals surface area (Å²) in [6, 6.07) is 4.30. The number of anilines is 1. The second-order valence-corrected chi connectivity index (χ2v) is 4.64. The van der Waals surface area contributed by atoms with Gasteiger partial charge in [0, 0.05) is 18.0 Å². The summed E-state index contributed by atoms with van der Waals surface area (Å²) in [6.45, 7) is 0. The van der Waals surface area contributed by atoms with Crippen molar-refractivity contribution in [1.82, 2.24) is 4.98 Å². The second-order valence-electron chi connectivity index (χ2n) is 3.87. The molecule has 0 bridgehead atoms. The third-order valence-corrected chi connectivity index (χ3v) is 3.15. The molecule has 108 valence electrons. The van der Waals surface area contributed by atoms with Crippen molar-refractivity contribution < 1.29 is 14.1 Å². The van der Waals surface area contributed by atoms with Crippen molar-refractivity contribution in [2.45, 2.75) is 0 Å². The largest absolute Gasteiger partial charge is 0.322 e. The molecule has 0 radical (unpaired) electrons. The number of benzene rings is 1. The fourth-order valence-corrected chi connectivity index (χ4v) is 1.75. The zero-order valence-electron chi connectivity index (χ0n) is 10.1. The number of nitrogens with one attached hydrogen (secondary N) is 1. The van der Waals surface area contributed by atoms with Gasteiger partial charge in [-0.25, -0.2) is 4.98 Å². The lowest BCUT2D eigenvalue weighted by atomic mass is 10.2. The molecule has 2 aromatic rings. The summed E-state index contributed by atoms with van der Waals surface area (Å²) >= 11 is 11.4. The molecule has 6 nitrogen and oxygen atoms in total. The number of hydrogen-bond acceptors (Lipinski definition) is 4. The number of hydrogen-bond donors (Lipinski definition) is 1. The number of nitrogens with zero attached hydrogens (tertiary/aromatic N) is 2. The Morgan fingerprint density at radius 3 is 2.67 bits per heavy atom. The predicted octanol–water partition coefficient (Wildman–Crippen LogP) is 3.69. The summed E-state index contributed by atoms with van der Waals surface area (Å²) < 4.78 is 13.2. The molecule has 1 heterocycles. The van der Waals surface area contributed by atoms with Gasteiger partial charge in [0.1, 0.15) is 5.15 Å². The van der Waals surface area contributed by atoms with Crippen LogP contribution in [0.15, 0.2) is 30.5 Å². The Labute approximate surface area is 127 Å². The molecule has 0 saturated heterocycles. The number of nitro benzene ring substituents is 1. The van der Waals surface area contributed by atoms with Crippen molar-refractivity contribution in [3.63, 3.8) is 0 Å². The molecule has 0 aliphatic carbocycles. The van der Waals surface area contributed by atoms with Crippen LogP contribution in [0.25, 0.3) is 0 Å². The summed E-state index contributed by atoms with van der Waals surface area (Å²) in [6.07, 6.45) is 1.20. The molecule has 1 amide bonds.